The van der Waals surface area contributed by atoms with Crippen molar-refractivity contribution in [2.24, 2.45) is 0 Å². The molecule has 96 valence electrons. The smallest absolute Gasteiger partial charge is 0.137 e. The van der Waals surface area contributed by atoms with E-state index in [4.69, 9.17) is 0 Å². The first-order valence-electron chi connectivity index (χ1n) is 5.75. The number of aliphatic hydroxyl groups is 1. The van der Waals surface area contributed by atoms with E-state index in [9.17, 15) is 9.50 Å². The standard InChI is InChI=1S/C13H14BrFN2O/c1-2-17-8-10(7-16-17)12(18)6-9-4-3-5-11(15)13(9)14/h3-5,7-8,12,18H,2,6H2,1H3. The van der Waals surface area contributed by atoms with Gasteiger partial charge in [-0.1, -0.05) is 12.1 Å². The number of aliphatic hydroxyl groups excluding tert-OH is 1. The summed E-state index contributed by atoms with van der Waals surface area (Å²) >= 11 is 3.19. The van der Waals surface area contributed by atoms with Crippen molar-refractivity contribution >= 4 is 15.9 Å². The fraction of sp³-hybridized carbons (Fsp3) is 0.308. The summed E-state index contributed by atoms with van der Waals surface area (Å²) in [5.74, 6) is -0.316. The van der Waals surface area contributed by atoms with Gasteiger partial charge >= 0.3 is 0 Å². The molecule has 0 bridgehead atoms. The molecule has 0 spiro atoms. The summed E-state index contributed by atoms with van der Waals surface area (Å²) in [4.78, 5) is 0. The largest absolute Gasteiger partial charge is 0.388 e. The molecule has 2 rings (SSSR count). The van der Waals surface area contributed by atoms with Crippen molar-refractivity contribution in [2.45, 2.75) is 26.0 Å². The van der Waals surface area contributed by atoms with Crippen LogP contribution in [-0.4, -0.2) is 14.9 Å². The van der Waals surface area contributed by atoms with Crippen LogP contribution < -0.4 is 0 Å². The van der Waals surface area contributed by atoms with E-state index < -0.39 is 6.10 Å². The molecule has 18 heavy (non-hydrogen) atoms. The normalized spacial score (nSPS) is 12.7. The molecule has 1 aromatic heterocycles. The van der Waals surface area contributed by atoms with Crippen LogP contribution >= 0.6 is 15.9 Å². The first kappa shape index (κ1) is 13.2. The van der Waals surface area contributed by atoms with Crippen molar-refractivity contribution in [1.82, 2.24) is 9.78 Å². The van der Waals surface area contributed by atoms with Crippen LogP contribution in [0.1, 0.15) is 24.2 Å². The third-order valence-corrected chi connectivity index (χ3v) is 3.69. The summed E-state index contributed by atoms with van der Waals surface area (Å²) in [6, 6.07) is 4.81. The van der Waals surface area contributed by atoms with E-state index in [2.05, 4.69) is 21.0 Å². The number of aryl methyl sites for hydroxylation is 1. The Bertz CT molecular complexity index is 542. The van der Waals surface area contributed by atoms with Gasteiger partial charge in [-0.15, -0.1) is 0 Å². The fourth-order valence-electron chi connectivity index (χ4n) is 1.76. The highest BCUT2D eigenvalue weighted by molar-refractivity contribution is 9.10. The number of benzene rings is 1. The maximum absolute atomic E-state index is 13.3. The maximum Gasteiger partial charge on any atom is 0.137 e. The van der Waals surface area contributed by atoms with Gasteiger partial charge in [-0.05, 0) is 34.5 Å². The van der Waals surface area contributed by atoms with Crippen molar-refractivity contribution < 1.29 is 9.50 Å². The number of rotatable bonds is 4. The van der Waals surface area contributed by atoms with Gasteiger partial charge in [0.25, 0.3) is 0 Å². The van der Waals surface area contributed by atoms with Crippen molar-refractivity contribution in [1.29, 1.82) is 0 Å². The van der Waals surface area contributed by atoms with Gasteiger partial charge in [0.2, 0.25) is 0 Å². The van der Waals surface area contributed by atoms with E-state index in [1.807, 2.05) is 6.92 Å². The summed E-state index contributed by atoms with van der Waals surface area (Å²) in [5.41, 5.74) is 1.49. The number of halogens is 2. The van der Waals surface area contributed by atoms with E-state index in [1.54, 1.807) is 29.2 Å². The minimum absolute atomic E-state index is 0.316. The lowest BCUT2D eigenvalue weighted by Gasteiger charge is -2.10. The van der Waals surface area contributed by atoms with Crippen LogP contribution in [0, 0.1) is 5.82 Å². The Labute approximate surface area is 113 Å². The molecule has 0 amide bonds. The SMILES string of the molecule is CCn1cc(C(O)Cc2cccc(F)c2Br)cn1. The lowest BCUT2D eigenvalue weighted by atomic mass is 10.0. The Morgan fingerprint density at radius 2 is 2.28 bits per heavy atom. The van der Waals surface area contributed by atoms with Crippen LogP contribution in [0.15, 0.2) is 35.1 Å². The minimum atomic E-state index is -0.677. The van der Waals surface area contributed by atoms with Gasteiger partial charge in [-0.3, -0.25) is 4.68 Å². The summed E-state index contributed by atoms with van der Waals surface area (Å²) < 4.78 is 15.5. The van der Waals surface area contributed by atoms with Crippen LogP contribution in [-0.2, 0) is 13.0 Å². The zero-order chi connectivity index (χ0) is 13.1. The molecule has 0 aliphatic rings. The molecule has 1 atom stereocenters. The minimum Gasteiger partial charge on any atom is -0.388 e. The number of hydrogen-bond donors (Lipinski definition) is 1. The molecule has 1 unspecified atom stereocenters. The van der Waals surface area contributed by atoms with E-state index in [0.29, 0.717) is 10.9 Å². The number of nitrogens with zero attached hydrogens (tertiary/aromatic N) is 2. The van der Waals surface area contributed by atoms with Crippen LogP contribution in [0.4, 0.5) is 4.39 Å². The van der Waals surface area contributed by atoms with Gasteiger partial charge in [-0.2, -0.15) is 5.10 Å². The van der Waals surface area contributed by atoms with Crippen molar-refractivity contribution in [2.75, 3.05) is 0 Å². The predicted octanol–water partition coefficient (Wildman–Crippen LogP) is 3.08. The average molecular weight is 313 g/mol. The van der Waals surface area contributed by atoms with Gasteiger partial charge < -0.3 is 5.11 Å². The molecule has 0 aliphatic heterocycles. The molecule has 2 aromatic rings. The van der Waals surface area contributed by atoms with Crippen molar-refractivity contribution in [3.05, 3.63) is 52.0 Å². The Morgan fingerprint density at radius 3 is 2.94 bits per heavy atom. The molecular weight excluding hydrogens is 299 g/mol. The second kappa shape index (κ2) is 5.63. The van der Waals surface area contributed by atoms with E-state index in [0.717, 1.165) is 17.7 Å². The molecule has 0 saturated heterocycles. The topological polar surface area (TPSA) is 38.0 Å². The summed E-state index contributed by atoms with van der Waals surface area (Å²) in [6.45, 7) is 2.74. The van der Waals surface area contributed by atoms with Crippen molar-refractivity contribution in [3.63, 3.8) is 0 Å². The third kappa shape index (κ3) is 2.79. The predicted molar refractivity (Wildman–Crippen MR) is 70.7 cm³/mol. The molecule has 3 nitrogen and oxygen atoms in total. The molecule has 1 N–H and O–H groups in total. The molecule has 0 aliphatic carbocycles. The van der Waals surface area contributed by atoms with Crippen LogP contribution in [0.5, 0.6) is 0 Å². The molecule has 0 saturated carbocycles. The van der Waals surface area contributed by atoms with E-state index in [-0.39, 0.29) is 5.82 Å². The van der Waals surface area contributed by atoms with E-state index in [1.165, 1.54) is 6.07 Å². The Morgan fingerprint density at radius 1 is 1.50 bits per heavy atom. The second-order valence-electron chi connectivity index (χ2n) is 4.06. The Kier molecular flexibility index (Phi) is 4.14. The maximum atomic E-state index is 13.3. The van der Waals surface area contributed by atoms with Crippen LogP contribution in [0.25, 0.3) is 0 Å². The highest BCUT2D eigenvalue weighted by atomic mass is 79.9. The van der Waals surface area contributed by atoms with Gasteiger partial charge in [0.15, 0.2) is 0 Å². The highest BCUT2D eigenvalue weighted by Crippen LogP contribution is 2.25. The lowest BCUT2D eigenvalue weighted by molar-refractivity contribution is 0.178. The molecule has 1 aromatic carbocycles. The first-order chi connectivity index (χ1) is 8.61. The lowest BCUT2D eigenvalue weighted by Crippen LogP contribution is -2.02. The van der Waals surface area contributed by atoms with Gasteiger partial charge in [0.1, 0.15) is 5.82 Å². The Hall–Kier alpha value is -1.20. The van der Waals surface area contributed by atoms with Crippen molar-refractivity contribution in [3.8, 4) is 0 Å². The van der Waals surface area contributed by atoms with Gasteiger partial charge in [-0.25, -0.2) is 4.39 Å². The van der Waals surface area contributed by atoms with Crippen LogP contribution in [0.2, 0.25) is 0 Å². The van der Waals surface area contributed by atoms with E-state index >= 15 is 0 Å². The molecular formula is C13H14BrFN2O. The first-order valence-corrected chi connectivity index (χ1v) is 6.54. The van der Waals surface area contributed by atoms with Crippen LogP contribution in [0.3, 0.4) is 0 Å². The zero-order valence-corrected chi connectivity index (χ0v) is 11.6. The van der Waals surface area contributed by atoms with Gasteiger partial charge in [0, 0.05) is 24.7 Å². The van der Waals surface area contributed by atoms with Gasteiger partial charge in [0.05, 0.1) is 16.8 Å². The Balaban J connectivity index is 2.15. The average Bonchev–Trinajstić information content (AvgIpc) is 2.83. The molecule has 1 heterocycles. The summed E-state index contributed by atoms with van der Waals surface area (Å²) in [5, 5.41) is 14.2. The number of aromatic nitrogens is 2. The summed E-state index contributed by atoms with van der Waals surface area (Å²) in [6.07, 6.45) is 3.12. The monoisotopic (exact) mass is 312 g/mol. The quantitative estimate of drug-likeness (QED) is 0.942. The molecule has 5 heteroatoms. The summed E-state index contributed by atoms with van der Waals surface area (Å²) in [7, 11) is 0. The highest BCUT2D eigenvalue weighted by Gasteiger charge is 2.14. The molecule has 0 fully saturated rings. The zero-order valence-electron chi connectivity index (χ0n) is 9.98. The fourth-order valence-corrected chi connectivity index (χ4v) is 2.18. The molecule has 0 radical (unpaired) electrons. The third-order valence-electron chi connectivity index (χ3n) is 2.81. The number of hydrogen-bond acceptors (Lipinski definition) is 2. The second-order valence-corrected chi connectivity index (χ2v) is 4.86.